The predicted molar refractivity (Wildman–Crippen MR) is 84.5 cm³/mol. The molecule has 1 N–H and O–H groups in total. The summed E-state index contributed by atoms with van der Waals surface area (Å²) in [5.74, 6) is -0.719. The van der Waals surface area contributed by atoms with Crippen molar-refractivity contribution in [3.8, 4) is 0 Å². The molecule has 2 aromatic rings. The molecule has 1 amide bonds. The smallest absolute Gasteiger partial charge is 0.265 e. The van der Waals surface area contributed by atoms with Crippen LogP contribution in [0.1, 0.15) is 16.7 Å². The van der Waals surface area contributed by atoms with Gasteiger partial charge in [-0.2, -0.15) is 0 Å². The number of hydrogen-bond donors (Lipinski definition) is 1. The van der Waals surface area contributed by atoms with Gasteiger partial charge in [-0.1, -0.05) is 29.4 Å². The molecule has 114 valence electrons. The molecular formula is C17H17FN2O2. The summed E-state index contributed by atoms with van der Waals surface area (Å²) in [6.45, 7) is 3.74. The molecule has 2 aromatic carbocycles. The number of rotatable bonds is 5. The lowest BCUT2D eigenvalue weighted by atomic mass is 10.1. The van der Waals surface area contributed by atoms with E-state index in [1.165, 1.54) is 12.3 Å². The molecule has 0 bridgehead atoms. The molecule has 0 unspecified atom stereocenters. The molecule has 0 spiro atoms. The van der Waals surface area contributed by atoms with Crippen LogP contribution >= 0.6 is 0 Å². The third-order valence-corrected chi connectivity index (χ3v) is 3.16. The summed E-state index contributed by atoms with van der Waals surface area (Å²) in [7, 11) is 0. The van der Waals surface area contributed by atoms with Gasteiger partial charge in [0.2, 0.25) is 0 Å². The van der Waals surface area contributed by atoms with Crippen LogP contribution in [0, 0.1) is 19.7 Å². The topological polar surface area (TPSA) is 50.7 Å². The summed E-state index contributed by atoms with van der Waals surface area (Å²) in [5, 5.41) is 6.30. The molecule has 0 fully saturated rings. The Bertz CT molecular complexity index is 699. The maximum absolute atomic E-state index is 13.3. The van der Waals surface area contributed by atoms with Crippen LogP contribution in [0.25, 0.3) is 0 Å². The Balaban J connectivity index is 1.83. The van der Waals surface area contributed by atoms with Gasteiger partial charge in [-0.05, 0) is 43.2 Å². The zero-order chi connectivity index (χ0) is 15.9. The number of carbonyl (C=O) groups excluding carboxylic acids is 1. The van der Waals surface area contributed by atoms with E-state index in [9.17, 15) is 9.18 Å². The van der Waals surface area contributed by atoms with Crippen molar-refractivity contribution < 1.29 is 14.0 Å². The molecule has 22 heavy (non-hydrogen) atoms. The summed E-state index contributed by atoms with van der Waals surface area (Å²) < 4.78 is 13.3. The number of nitrogens with zero attached hydrogens (tertiary/aromatic N) is 1. The number of amides is 1. The SMILES string of the molecule is Cc1ccc(NC(=O)CO/N=C\c2ccccc2F)cc1C. The summed E-state index contributed by atoms with van der Waals surface area (Å²) in [5.41, 5.74) is 3.26. The lowest BCUT2D eigenvalue weighted by Gasteiger charge is -2.06. The first kappa shape index (κ1) is 15.7. The van der Waals surface area contributed by atoms with Crippen molar-refractivity contribution in [3.05, 3.63) is 65.0 Å². The minimum Gasteiger partial charge on any atom is -0.386 e. The third-order valence-electron chi connectivity index (χ3n) is 3.16. The molecule has 2 rings (SSSR count). The van der Waals surface area contributed by atoms with Crippen molar-refractivity contribution in [2.24, 2.45) is 5.16 Å². The van der Waals surface area contributed by atoms with Crippen molar-refractivity contribution in [2.75, 3.05) is 11.9 Å². The fourth-order valence-corrected chi connectivity index (χ4v) is 1.79. The van der Waals surface area contributed by atoms with Crippen LogP contribution in [-0.4, -0.2) is 18.7 Å². The second-order valence-electron chi connectivity index (χ2n) is 4.88. The van der Waals surface area contributed by atoms with Crippen molar-refractivity contribution in [1.82, 2.24) is 0 Å². The van der Waals surface area contributed by atoms with E-state index in [0.717, 1.165) is 11.1 Å². The van der Waals surface area contributed by atoms with Gasteiger partial charge < -0.3 is 10.2 Å². The molecule has 0 atom stereocenters. The van der Waals surface area contributed by atoms with Gasteiger partial charge in [-0.25, -0.2) is 4.39 Å². The molecule has 0 aromatic heterocycles. The number of benzene rings is 2. The van der Waals surface area contributed by atoms with Crippen LogP contribution in [0.15, 0.2) is 47.6 Å². The van der Waals surface area contributed by atoms with Crippen molar-refractivity contribution in [1.29, 1.82) is 0 Å². The Hall–Kier alpha value is -2.69. The lowest BCUT2D eigenvalue weighted by molar-refractivity contribution is -0.120. The average molecular weight is 300 g/mol. The molecule has 4 nitrogen and oxygen atoms in total. The highest BCUT2D eigenvalue weighted by Crippen LogP contribution is 2.13. The molecule has 0 heterocycles. The number of carbonyl (C=O) groups is 1. The molecule has 5 heteroatoms. The maximum Gasteiger partial charge on any atom is 0.265 e. The molecule has 0 aliphatic carbocycles. The molecule has 0 saturated heterocycles. The number of anilines is 1. The summed E-state index contributed by atoms with van der Waals surface area (Å²) in [4.78, 5) is 16.6. The maximum atomic E-state index is 13.3. The van der Waals surface area contributed by atoms with Crippen molar-refractivity contribution in [3.63, 3.8) is 0 Å². The average Bonchev–Trinajstić information content (AvgIpc) is 2.49. The van der Waals surface area contributed by atoms with E-state index >= 15 is 0 Å². The van der Waals surface area contributed by atoms with Crippen LogP contribution in [0.5, 0.6) is 0 Å². The zero-order valence-electron chi connectivity index (χ0n) is 12.5. The molecule has 0 saturated carbocycles. The first-order chi connectivity index (χ1) is 10.6. The Morgan fingerprint density at radius 2 is 2.00 bits per heavy atom. The number of nitrogens with one attached hydrogen (secondary N) is 1. The minimum absolute atomic E-state index is 0.238. The van der Waals surface area contributed by atoms with E-state index in [-0.39, 0.29) is 12.5 Å². The van der Waals surface area contributed by atoms with E-state index in [1.54, 1.807) is 18.2 Å². The first-order valence-corrected chi connectivity index (χ1v) is 6.83. The van der Waals surface area contributed by atoms with Crippen molar-refractivity contribution >= 4 is 17.8 Å². The van der Waals surface area contributed by atoms with E-state index < -0.39 is 5.82 Å². The van der Waals surface area contributed by atoms with E-state index in [2.05, 4.69) is 10.5 Å². The normalized spacial score (nSPS) is 10.7. The van der Waals surface area contributed by atoms with Gasteiger partial charge in [0.1, 0.15) is 5.82 Å². The lowest BCUT2D eigenvalue weighted by Crippen LogP contribution is -2.17. The first-order valence-electron chi connectivity index (χ1n) is 6.83. The monoisotopic (exact) mass is 300 g/mol. The van der Waals surface area contributed by atoms with Gasteiger partial charge in [-0.15, -0.1) is 0 Å². The zero-order valence-corrected chi connectivity index (χ0v) is 12.5. The largest absolute Gasteiger partial charge is 0.386 e. The van der Waals surface area contributed by atoms with Gasteiger partial charge in [0.25, 0.3) is 5.91 Å². The third kappa shape index (κ3) is 4.41. The Morgan fingerprint density at radius 3 is 2.73 bits per heavy atom. The van der Waals surface area contributed by atoms with Crippen LogP contribution in [0.3, 0.4) is 0 Å². The number of halogens is 1. The fourth-order valence-electron chi connectivity index (χ4n) is 1.79. The number of aryl methyl sites for hydroxylation is 2. The Morgan fingerprint density at radius 1 is 1.23 bits per heavy atom. The van der Waals surface area contributed by atoms with Crippen molar-refractivity contribution in [2.45, 2.75) is 13.8 Å². The van der Waals surface area contributed by atoms with Crippen LogP contribution in [0.4, 0.5) is 10.1 Å². The van der Waals surface area contributed by atoms with Crippen LogP contribution in [-0.2, 0) is 9.63 Å². The predicted octanol–water partition coefficient (Wildman–Crippen LogP) is 3.43. The molecule has 0 aliphatic rings. The fraction of sp³-hybridized carbons (Fsp3) is 0.176. The van der Waals surface area contributed by atoms with Gasteiger partial charge in [0, 0.05) is 11.3 Å². The number of oxime groups is 1. The summed E-state index contributed by atoms with van der Waals surface area (Å²) in [6.07, 6.45) is 1.23. The highest BCUT2D eigenvalue weighted by molar-refractivity contribution is 5.91. The van der Waals surface area contributed by atoms with E-state index in [0.29, 0.717) is 11.3 Å². The Kier molecular flexibility index (Phi) is 5.25. The standard InChI is InChI=1S/C17H17FN2O2/c1-12-7-8-15(9-13(12)2)20-17(21)11-22-19-10-14-5-3-4-6-16(14)18/h3-10H,11H2,1-2H3,(H,20,21)/b19-10-. The highest BCUT2D eigenvalue weighted by Gasteiger charge is 2.04. The Labute approximate surface area is 128 Å². The van der Waals surface area contributed by atoms with Crippen LogP contribution in [0.2, 0.25) is 0 Å². The van der Waals surface area contributed by atoms with Gasteiger partial charge in [0.05, 0.1) is 6.21 Å². The van der Waals surface area contributed by atoms with Crippen LogP contribution < -0.4 is 5.32 Å². The second kappa shape index (κ2) is 7.36. The molecule has 0 aliphatic heterocycles. The second-order valence-corrected chi connectivity index (χ2v) is 4.88. The number of hydrogen-bond acceptors (Lipinski definition) is 3. The van der Waals surface area contributed by atoms with Gasteiger partial charge in [0.15, 0.2) is 6.61 Å². The molecular weight excluding hydrogens is 283 g/mol. The molecule has 0 radical (unpaired) electrons. The minimum atomic E-state index is -0.394. The highest BCUT2D eigenvalue weighted by atomic mass is 19.1. The van der Waals surface area contributed by atoms with E-state index in [4.69, 9.17) is 4.84 Å². The summed E-state index contributed by atoms with van der Waals surface area (Å²) >= 11 is 0. The van der Waals surface area contributed by atoms with Gasteiger partial charge in [-0.3, -0.25) is 4.79 Å². The van der Waals surface area contributed by atoms with E-state index in [1.807, 2.05) is 32.0 Å². The van der Waals surface area contributed by atoms with Gasteiger partial charge >= 0.3 is 0 Å². The summed E-state index contributed by atoms with van der Waals surface area (Å²) in [6, 6.07) is 11.8. The quantitative estimate of drug-likeness (QED) is 0.679.